The Morgan fingerprint density at radius 1 is 0.316 bits per heavy atom. The van der Waals surface area contributed by atoms with E-state index >= 15 is 0 Å². The van der Waals surface area contributed by atoms with Crippen molar-refractivity contribution in [1.82, 2.24) is 38.6 Å². The molecule has 11 heteroatoms. The predicted octanol–water partition coefficient (Wildman–Crippen LogP) is 13.1. The van der Waals surface area contributed by atoms with Crippen molar-refractivity contribution in [2.75, 3.05) is 0 Å². The number of fused-ring (bicyclic) bond motifs is 3. The average Bonchev–Trinajstić information content (AvgIpc) is 3.51. The molecule has 0 aliphatic carbocycles. The number of aromatic nitrogens is 8. The summed E-state index contributed by atoms with van der Waals surface area (Å²) < 4.78 is 4.92. The number of pyridine rings is 2. The first kappa shape index (κ1) is 50.4. The highest BCUT2D eigenvalue weighted by Gasteiger charge is 2.13. The van der Waals surface area contributed by atoms with E-state index in [9.17, 15) is 14.4 Å². The zero-order valence-electron chi connectivity index (χ0n) is 40.4. The normalized spacial score (nSPS) is 11.1. The van der Waals surface area contributed by atoms with Crippen LogP contribution >= 0.6 is 0 Å². The molecule has 0 saturated heterocycles. The fourth-order valence-electron chi connectivity index (χ4n) is 8.28. The number of para-hydroxylation sites is 6. The zero-order chi connectivity index (χ0) is 51.2. The predicted molar refractivity (Wildman–Crippen MR) is 310 cm³/mol. The molecule has 12 rings (SSSR count). The SMILES string of the molecule is C.O=c1c2ccccc2nc(/C=C/c2ccccc2)n1-c1ccccc1.O=c1c2ccccc2nc(/C=C/c2ccccn2)n1-c1ccccc1.O=c1c2ccccc2nc(/C=C/c2cccnc2)n1-c1ccccc1. The minimum Gasteiger partial charge on any atom is -0.268 e. The average molecular weight is 991 g/mol. The molecule has 5 heterocycles. The van der Waals surface area contributed by atoms with Crippen molar-refractivity contribution in [3.63, 3.8) is 0 Å². The second-order valence-corrected chi connectivity index (χ2v) is 16.8. The molecule has 0 atom stereocenters. The lowest BCUT2D eigenvalue weighted by Gasteiger charge is -2.11. The number of rotatable bonds is 9. The summed E-state index contributed by atoms with van der Waals surface area (Å²) in [6, 6.07) is 70.4. The van der Waals surface area contributed by atoms with Gasteiger partial charge in [0, 0.05) is 18.6 Å². The lowest BCUT2D eigenvalue weighted by atomic mass is 10.2. The van der Waals surface area contributed by atoms with Gasteiger partial charge < -0.3 is 0 Å². The monoisotopic (exact) mass is 990 g/mol. The Morgan fingerprint density at radius 2 is 0.671 bits per heavy atom. The maximum atomic E-state index is 13.1. The summed E-state index contributed by atoms with van der Waals surface area (Å²) in [7, 11) is 0. The van der Waals surface area contributed by atoms with Gasteiger partial charge in [0.1, 0.15) is 17.5 Å². The molecular formula is C65H50N8O3. The van der Waals surface area contributed by atoms with E-state index in [1.807, 2.05) is 249 Å². The molecule has 0 radical (unpaired) electrons. The van der Waals surface area contributed by atoms with Crippen molar-refractivity contribution >= 4 is 69.2 Å². The van der Waals surface area contributed by atoms with Gasteiger partial charge in [-0.3, -0.25) is 38.1 Å². The second-order valence-electron chi connectivity index (χ2n) is 16.8. The van der Waals surface area contributed by atoms with Gasteiger partial charge >= 0.3 is 0 Å². The molecule has 0 aliphatic heterocycles. The molecule has 12 aromatic rings. The molecule has 0 saturated carbocycles. The molecule has 11 nitrogen and oxygen atoms in total. The third-order valence-electron chi connectivity index (χ3n) is 11.9. The van der Waals surface area contributed by atoms with Crippen LogP contribution in [0.5, 0.6) is 0 Å². The molecule has 0 amide bonds. The van der Waals surface area contributed by atoms with Crippen molar-refractivity contribution in [2.45, 2.75) is 7.43 Å². The Hall–Kier alpha value is -10.5. The van der Waals surface area contributed by atoms with Gasteiger partial charge in [0.15, 0.2) is 0 Å². The van der Waals surface area contributed by atoms with Crippen molar-refractivity contribution in [3.8, 4) is 17.1 Å². The van der Waals surface area contributed by atoms with Crippen molar-refractivity contribution < 1.29 is 0 Å². The highest BCUT2D eigenvalue weighted by atomic mass is 16.1. The summed E-state index contributed by atoms with van der Waals surface area (Å²) in [5.74, 6) is 1.76. The van der Waals surface area contributed by atoms with Crippen LogP contribution in [-0.4, -0.2) is 38.6 Å². The number of benzene rings is 7. The first-order valence-corrected chi connectivity index (χ1v) is 24.1. The first-order chi connectivity index (χ1) is 37.0. The van der Waals surface area contributed by atoms with Crippen LogP contribution in [0.2, 0.25) is 0 Å². The number of hydrogen-bond donors (Lipinski definition) is 0. The molecule has 0 aliphatic rings. The van der Waals surface area contributed by atoms with Gasteiger partial charge in [0.2, 0.25) is 0 Å². The molecule has 0 spiro atoms. The third-order valence-corrected chi connectivity index (χ3v) is 11.9. The minimum absolute atomic E-state index is 0. The van der Waals surface area contributed by atoms with Gasteiger partial charge in [-0.1, -0.05) is 147 Å². The van der Waals surface area contributed by atoms with E-state index in [2.05, 4.69) is 19.9 Å². The van der Waals surface area contributed by atoms with Crippen molar-refractivity contribution in [2.24, 2.45) is 0 Å². The Balaban J connectivity index is 0.000000138. The zero-order valence-corrected chi connectivity index (χ0v) is 40.4. The van der Waals surface area contributed by atoms with E-state index in [4.69, 9.17) is 4.98 Å². The van der Waals surface area contributed by atoms with Gasteiger partial charge in [-0.15, -0.1) is 0 Å². The van der Waals surface area contributed by atoms with Crippen LogP contribution in [0.3, 0.4) is 0 Å². The molecule has 0 fully saturated rings. The fraction of sp³-hybridized carbons (Fsp3) is 0.0154. The molecule has 368 valence electrons. The Labute approximate surface area is 438 Å². The van der Waals surface area contributed by atoms with Gasteiger partial charge in [-0.2, -0.15) is 0 Å². The van der Waals surface area contributed by atoms with Gasteiger partial charge in [-0.05, 0) is 133 Å². The van der Waals surface area contributed by atoms with E-state index in [-0.39, 0.29) is 24.1 Å². The molecule has 76 heavy (non-hydrogen) atoms. The van der Waals surface area contributed by atoms with E-state index in [0.29, 0.717) is 50.2 Å². The van der Waals surface area contributed by atoms with Crippen LogP contribution in [0.4, 0.5) is 0 Å². The standard InChI is InChI=1S/C22H16N2O.2C21H15N3O.CH4/c25-22-19-13-7-8-14-20(19)23-21(16-15-17-9-3-1-4-10-17)24(22)18-11-5-2-6-12-18;25-21-18-11-4-5-12-19(18)23-20(14-13-16-8-6-7-15-22-16)24(21)17-9-2-1-3-10-17;25-21-18-10-4-5-11-19(18)23-20(13-12-16-7-6-14-22-15-16)24(21)17-8-2-1-3-9-17;/h1-16H;2*1-15H;1H4/b16-15+;14-13+;13-12+;. The number of nitrogens with zero attached hydrogens (tertiary/aromatic N) is 8. The Morgan fingerprint density at radius 3 is 1.07 bits per heavy atom. The maximum absolute atomic E-state index is 13.1. The molecular weight excluding hydrogens is 941 g/mol. The Bertz CT molecular complexity index is 3730. The highest BCUT2D eigenvalue weighted by molar-refractivity contribution is 5.82. The van der Waals surface area contributed by atoms with Crippen molar-refractivity contribution in [1.29, 1.82) is 0 Å². The van der Waals surface area contributed by atoms with Crippen LogP contribution < -0.4 is 16.7 Å². The van der Waals surface area contributed by atoms with Crippen molar-refractivity contribution in [3.05, 3.63) is 308 Å². The summed E-state index contributed by atoms with van der Waals surface area (Å²) >= 11 is 0. The molecule has 7 aromatic carbocycles. The summed E-state index contributed by atoms with van der Waals surface area (Å²) in [5.41, 5.74) is 7.03. The summed E-state index contributed by atoms with van der Waals surface area (Å²) in [5, 5.41) is 1.81. The summed E-state index contributed by atoms with van der Waals surface area (Å²) in [6.07, 6.45) is 16.5. The van der Waals surface area contributed by atoms with Gasteiger partial charge in [0.25, 0.3) is 16.7 Å². The molecule has 0 bridgehead atoms. The van der Waals surface area contributed by atoms with Gasteiger partial charge in [0.05, 0.1) is 55.5 Å². The number of hydrogen-bond acceptors (Lipinski definition) is 8. The molecule has 5 aromatic heterocycles. The summed E-state index contributed by atoms with van der Waals surface area (Å²) in [4.78, 5) is 61.6. The van der Waals surface area contributed by atoms with E-state index in [1.54, 1.807) is 44.4 Å². The molecule has 0 unspecified atom stereocenters. The Kier molecular flexibility index (Phi) is 16.1. The highest BCUT2D eigenvalue weighted by Crippen LogP contribution is 2.19. The maximum Gasteiger partial charge on any atom is 0.266 e. The lowest BCUT2D eigenvalue weighted by Crippen LogP contribution is -2.22. The quantitative estimate of drug-likeness (QED) is 0.140. The second kappa shape index (κ2) is 24.3. The van der Waals surface area contributed by atoms with E-state index in [1.165, 1.54) is 0 Å². The fourth-order valence-corrected chi connectivity index (χ4v) is 8.28. The third kappa shape index (κ3) is 11.7. The van der Waals surface area contributed by atoms with Crippen LogP contribution in [0.25, 0.3) is 86.2 Å². The van der Waals surface area contributed by atoms with E-state index < -0.39 is 0 Å². The smallest absolute Gasteiger partial charge is 0.266 e. The summed E-state index contributed by atoms with van der Waals surface area (Å²) in [6.45, 7) is 0. The largest absolute Gasteiger partial charge is 0.268 e. The van der Waals surface area contributed by atoms with Crippen LogP contribution in [0.1, 0.15) is 41.7 Å². The van der Waals surface area contributed by atoms with Gasteiger partial charge in [-0.25, -0.2) is 15.0 Å². The topological polar surface area (TPSA) is 130 Å². The minimum atomic E-state index is -0.0857. The van der Waals surface area contributed by atoms with Crippen LogP contribution in [0.15, 0.2) is 257 Å². The van der Waals surface area contributed by atoms with E-state index in [0.717, 1.165) is 33.9 Å². The first-order valence-electron chi connectivity index (χ1n) is 24.1. The van der Waals surface area contributed by atoms with Crippen LogP contribution in [0, 0.1) is 0 Å². The molecule has 0 N–H and O–H groups in total. The lowest BCUT2D eigenvalue weighted by molar-refractivity contribution is 0.944. The van der Waals surface area contributed by atoms with Crippen LogP contribution in [-0.2, 0) is 0 Å².